The molecule has 1 nitrogen and oxygen atoms in total. The summed E-state index contributed by atoms with van der Waals surface area (Å²) in [7, 11) is 0. The van der Waals surface area contributed by atoms with E-state index < -0.39 is 0 Å². The Kier molecular flexibility index (Phi) is 7.17. The minimum absolute atomic E-state index is 1.02. The van der Waals surface area contributed by atoms with Crippen molar-refractivity contribution in [2.45, 2.75) is 20.8 Å². The number of para-hydroxylation sites is 1. The topological polar surface area (TPSA) is 4.93 Å². The highest BCUT2D eigenvalue weighted by Crippen LogP contribution is 2.32. The van der Waals surface area contributed by atoms with Crippen LogP contribution in [0, 0.1) is 6.92 Å². The van der Waals surface area contributed by atoms with E-state index in [4.69, 9.17) is 0 Å². The number of benzene rings is 2. The van der Waals surface area contributed by atoms with Gasteiger partial charge in [0.2, 0.25) is 0 Å². The van der Waals surface area contributed by atoms with Crippen molar-refractivity contribution in [3.63, 3.8) is 0 Å². The highest BCUT2D eigenvalue weighted by Gasteiger charge is 2.15. The summed E-state index contributed by atoms with van der Waals surface area (Å²) in [5.74, 6) is 0. The summed E-state index contributed by atoms with van der Waals surface area (Å²) in [5, 5.41) is 1.18. The molecule has 28 heavy (non-hydrogen) atoms. The molecule has 0 bridgehead atoms. The van der Waals surface area contributed by atoms with Gasteiger partial charge in [-0.2, -0.15) is 0 Å². The predicted octanol–water partition coefficient (Wildman–Crippen LogP) is 8.01. The zero-order valence-electron chi connectivity index (χ0n) is 17.2. The normalized spacial score (nSPS) is 10.4. The summed E-state index contributed by atoms with van der Waals surface area (Å²) in [4.78, 5) is 0. The van der Waals surface area contributed by atoms with Gasteiger partial charge in [-0.3, -0.25) is 0 Å². The Labute approximate surface area is 169 Å². The highest BCUT2D eigenvalue weighted by atomic mass is 15.0. The molecule has 0 fully saturated rings. The smallest absolute Gasteiger partial charge is 0.0541 e. The van der Waals surface area contributed by atoms with Gasteiger partial charge >= 0.3 is 0 Å². The zero-order valence-corrected chi connectivity index (χ0v) is 17.2. The molecule has 2 aromatic carbocycles. The summed E-state index contributed by atoms with van der Waals surface area (Å²) >= 11 is 0. The molecule has 0 spiro atoms. The maximum absolute atomic E-state index is 4.20. The quantitative estimate of drug-likeness (QED) is 0.318. The third-order valence-electron chi connectivity index (χ3n) is 4.54. The first kappa shape index (κ1) is 21.0. The van der Waals surface area contributed by atoms with Crippen LogP contribution in [0.5, 0.6) is 0 Å². The van der Waals surface area contributed by atoms with E-state index in [2.05, 4.69) is 80.3 Å². The molecule has 0 radical (unpaired) electrons. The number of allylic oxidation sites excluding steroid dienone is 4. The van der Waals surface area contributed by atoms with Crippen molar-refractivity contribution in [2.24, 2.45) is 0 Å². The molecule has 0 aliphatic rings. The summed E-state index contributed by atoms with van der Waals surface area (Å²) in [5.41, 5.74) is 7.81. The molecule has 3 rings (SSSR count). The van der Waals surface area contributed by atoms with Gasteiger partial charge in [0.15, 0.2) is 0 Å². The van der Waals surface area contributed by atoms with E-state index in [1.54, 1.807) is 6.08 Å². The molecule has 3 aromatic rings. The second kappa shape index (κ2) is 9.57. The van der Waals surface area contributed by atoms with Crippen molar-refractivity contribution in [3.8, 4) is 5.69 Å². The summed E-state index contributed by atoms with van der Waals surface area (Å²) < 4.78 is 2.24. The molecule has 0 N–H and O–H groups in total. The van der Waals surface area contributed by atoms with Gasteiger partial charge in [0.1, 0.15) is 0 Å². The molecule has 0 amide bonds. The van der Waals surface area contributed by atoms with Gasteiger partial charge in [0.05, 0.1) is 11.2 Å². The molecule has 0 saturated carbocycles. The fraction of sp³-hybridized carbons (Fsp3) is 0.111. The van der Waals surface area contributed by atoms with E-state index in [1.165, 1.54) is 10.9 Å². The Balaban J connectivity index is 0.000000878. The van der Waals surface area contributed by atoms with E-state index in [9.17, 15) is 0 Å². The largest absolute Gasteiger partial charge is 0.309 e. The van der Waals surface area contributed by atoms with Crippen molar-refractivity contribution in [3.05, 3.63) is 109 Å². The monoisotopic (exact) mass is 367 g/mol. The van der Waals surface area contributed by atoms with Crippen LogP contribution in [0.4, 0.5) is 0 Å². The number of nitrogens with zero attached hydrogens (tertiary/aromatic N) is 1. The third kappa shape index (κ3) is 3.99. The molecular formula is C27H29N. The fourth-order valence-electron chi connectivity index (χ4n) is 3.36. The lowest BCUT2D eigenvalue weighted by Crippen LogP contribution is -1.99. The van der Waals surface area contributed by atoms with Gasteiger partial charge in [-0.1, -0.05) is 68.3 Å². The minimum Gasteiger partial charge on any atom is -0.309 e. The SMILES string of the molecule is C=CC.C=Cc1c(C=C)n(-c2ccc(C)c(C(=C)/C=C\C)c2)c2ccccc12. The van der Waals surface area contributed by atoms with E-state index in [0.717, 1.165) is 33.6 Å². The molecule has 0 atom stereocenters. The van der Waals surface area contributed by atoms with Crippen LogP contribution in [0.25, 0.3) is 34.3 Å². The van der Waals surface area contributed by atoms with Crippen LogP contribution in [-0.2, 0) is 0 Å². The van der Waals surface area contributed by atoms with Crippen LogP contribution in [0.1, 0.15) is 36.2 Å². The van der Waals surface area contributed by atoms with Crippen LogP contribution in [0.15, 0.2) is 87.0 Å². The van der Waals surface area contributed by atoms with Crippen molar-refractivity contribution in [1.82, 2.24) is 4.57 Å². The molecule has 1 heterocycles. The minimum atomic E-state index is 1.02. The first-order valence-electron chi connectivity index (χ1n) is 9.42. The van der Waals surface area contributed by atoms with Gasteiger partial charge < -0.3 is 4.57 Å². The maximum Gasteiger partial charge on any atom is 0.0541 e. The predicted molar refractivity (Wildman–Crippen MR) is 128 cm³/mol. The van der Waals surface area contributed by atoms with Gasteiger partial charge in [-0.05, 0) is 61.7 Å². The number of rotatable bonds is 5. The second-order valence-corrected chi connectivity index (χ2v) is 6.49. The van der Waals surface area contributed by atoms with Crippen LogP contribution in [-0.4, -0.2) is 4.57 Å². The number of aromatic nitrogens is 1. The number of fused-ring (bicyclic) bond motifs is 1. The molecular weight excluding hydrogens is 338 g/mol. The summed E-state index contributed by atoms with van der Waals surface area (Å²) in [6.07, 6.45) is 9.62. The summed E-state index contributed by atoms with van der Waals surface area (Å²) in [6.45, 7) is 21.6. The Bertz CT molecular complexity index is 1060. The number of hydrogen-bond acceptors (Lipinski definition) is 0. The molecule has 0 saturated heterocycles. The number of aryl methyl sites for hydroxylation is 1. The molecule has 142 valence electrons. The van der Waals surface area contributed by atoms with Crippen LogP contribution in [0.2, 0.25) is 0 Å². The zero-order chi connectivity index (χ0) is 20.7. The Hall–Kier alpha value is -3.32. The van der Waals surface area contributed by atoms with E-state index in [0.29, 0.717) is 0 Å². The van der Waals surface area contributed by atoms with Gasteiger partial charge in [0.25, 0.3) is 0 Å². The van der Waals surface area contributed by atoms with E-state index in [1.807, 2.05) is 38.2 Å². The van der Waals surface area contributed by atoms with Gasteiger partial charge in [-0.25, -0.2) is 0 Å². The van der Waals surface area contributed by atoms with Crippen LogP contribution in [0.3, 0.4) is 0 Å². The van der Waals surface area contributed by atoms with Crippen molar-refractivity contribution >= 4 is 28.6 Å². The van der Waals surface area contributed by atoms with Crippen molar-refractivity contribution in [2.75, 3.05) is 0 Å². The Morgan fingerprint density at radius 1 is 0.964 bits per heavy atom. The van der Waals surface area contributed by atoms with Crippen LogP contribution >= 0.6 is 0 Å². The number of hydrogen-bond donors (Lipinski definition) is 0. The molecule has 1 aromatic heterocycles. The lowest BCUT2D eigenvalue weighted by atomic mass is 10.0. The van der Waals surface area contributed by atoms with Crippen molar-refractivity contribution in [1.29, 1.82) is 0 Å². The first-order chi connectivity index (χ1) is 13.5. The van der Waals surface area contributed by atoms with E-state index in [-0.39, 0.29) is 0 Å². The van der Waals surface area contributed by atoms with Crippen molar-refractivity contribution < 1.29 is 0 Å². The standard InChI is InChI=1S/C24H23N.C3H6/c1-6-11-17(4)22-16-19(15-14-18(22)5)25-23(8-3)20(7-2)21-12-9-10-13-24(21)25;1-3-2/h6-16H,2-4H2,1,5H3;3H,1H2,2H3/b11-6-;. The fourth-order valence-corrected chi connectivity index (χ4v) is 3.36. The lowest BCUT2D eigenvalue weighted by Gasteiger charge is -2.13. The Morgan fingerprint density at radius 3 is 2.25 bits per heavy atom. The molecule has 0 aliphatic heterocycles. The average Bonchev–Trinajstić information content (AvgIpc) is 3.02. The third-order valence-corrected chi connectivity index (χ3v) is 4.54. The highest BCUT2D eigenvalue weighted by molar-refractivity contribution is 5.95. The molecule has 0 unspecified atom stereocenters. The maximum atomic E-state index is 4.20. The molecule has 0 aliphatic carbocycles. The van der Waals surface area contributed by atoms with Crippen LogP contribution < -0.4 is 0 Å². The first-order valence-corrected chi connectivity index (χ1v) is 9.42. The Morgan fingerprint density at radius 2 is 1.64 bits per heavy atom. The second-order valence-electron chi connectivity index (χ2n) is 6.49. The lowest BCUT2D eigenvalue weighted by molar-refractivity contribution is 1.10. The van der Waals surface area contributed by atoms with Gasteiger partial charge in [-0.15, -0.1) is 6.58 Å². The molecule has 1 heteroatoms. The van der Waals surface area contributed by atoms with Gasteiger partial charge in [0, 0.05) is 16.6 Å². The average molecular weight is 368 g/mol. The van der Waals surface area contributed by atoms with E-state index >= 15 is 0 Å². The summed E-state index contributed by atoms with van der Waals surface area (Å²) in [6, 6.07) is 14.9.